The minimum Gasteiger partial charge on any atom is -0.373 e. The third-order valence-corrected chi connectivity index (χ3v) is 4.69. The molecule has 0 saturated carbocycles. The van der Waals surface area contributed by atoms with E-state index in [9.17, 15) is 0 Å². The number of ether oxygens (including phenoxy) is 1. The van der Waals surface area contributed by atoms with Crippen LogP contribution in [-0.4, -0.2) is 32.2 Å². The smallest absolute Gasteiger partial charge is 0.191 e. The van der Waals surface area contributed by atoms with Gasteiger partial charge in [-0.25, -0.2) is 0 Å². The van der Waals surface area contributed by atoms with E-state index in [1.807, 2.05) is 7.05 Å². The summed E-state index contributed by atoms with van der Waals surface area (Å²) >= 11 is 0. The Balaban J connectivity index is 1.94. The van der Waals surface area contributed by atoms with Crippen LogP contribution in [0.1, 0.15) is 45.3 Å². The first-order valence-corrected chi connectivity index (χ1v) is 8.75. The molecule has 4 heteroatoms. The Bertz CT molecular complexity index is 487. The van der Waals surface area contributed by atoms with Crippen LogP contribution in [0.25, 0.3) is 0 Å². The normalized spacial score (nSPS) is 23.6. The SMILES string of the molecule is CN=C(NCC1CCCOC1c1ccccc1)NC(C)C(C)C. The van der Waals surface area contributed by atoms with Gasteiger partial charge in [-0.05, 0) is 31.2 Å². The summed E-state index contributed by atoms with van der Waals surface area (Å²) < 4.78 is 6.06. The maximum atomic E-state index is 6.06. The minimum absolute atomic E-state index is 0.179. The molecule has 2 rings (SSSR count). The van der Waals surface area contributed by atoms with Gasteiger partial charge in [-0.3, -0.25) is 4.99 Å². The molecule has 0 bridgehead atoms. The highest BCUT2D eigenvalue weighted by Gasteiger charge is 2.27. The molecule has 1 aliphatic rings. The van der Waals surface area contributed by atoms with E-state index in [1.165, 1.54) is 12.0 Å². The van der Waals surface area contributed by atoms with Crippen molar-refractivity contribution in [3.05, 3.63) is 35.9 Å². The van der Waals surface area contributed by atoms with Gasteiger partial charge in [-0.2, -0.15) is 0 Å². The molecule has 0 radical (unpaired) electrons. The minimum atomic E-state index is 0.179. The van der Waals surface area contributed by atoms with Crippen molar-refractivity contribution >= 4 is 5.96 Å². The van der Waals surface area contributed by atoms with Gasteiger partial charge < -0.3 is 15.4 Å². The van der Waals surface area contributed by atoms with Crippen LogP contribution in [0.3, 0.4) is 0 Å². The largest absolute Gasteiger partial charge is 0.373 e. The fourth-order valence-electron chi connectivity index (χ4n) is 2.87. The summed E-state index contributed by atoms with van der Waals surface area (Å²) in [6.07, 6.45) is 2.49. The van der Waals surface area contributed by atoms with Crippen LogP contribution in [0.5, 0.6) is 0 Å². The molecule has 0 aromatic heterocycles. The van der Waals surface area contributed by atoms with Crippen LogP contribution in [0, 0.1) is 11.8 Å². The molecule has 1 aliphatic heterocycles. The van der Waals surface area contributed by atoms with Gasteiger partial charge in [0, 0.05) is 32.2 Å². The van der Waals surface area contributed by atoms with Crippen LogP contribution in [-0.2, 0) is 4.74 Å². The summed E-state index contributed by atoms with van der Waals surface area (Å²) in [4.78, 5) is 4.35. The third-order valence-electron chi connectivity index (χ3n) is 4.69. The standard InChI is InChI=1S/C19H31N3O/c1-14(2)15(3)22-19(20-4)21-13-17-11-8-12-23-18(17)16-9-6-5-7-10-16/h5-7,9-10,14-15,17-18H,8,11-13H2,1-4H3,(H2,20,21,22). The molecule has 1 aromatic rings. The fourth-order valence-corrected chi connectivity index (χ4v) is 2.87. The van der Waals surface area contributed by atoms with Crippen molar-refractivity contribution in [3.63, 3.8) is 0 Å². The molecule has 2 N–H and O–H groups in total. The van der Waals surface area contributed by atoms with Crippen molar-refractivity contribution in [3.8, 4) is 0 Å². The van der Waals surface area contributed by atoms with Crippen molar-refractivity contribution in [2.45, 2.75) is 45.8 Å². The average molecular weight is 317 g/mol. The molecule has 1 fully saturated rings. The third kappa shape index (κ3) is 5.24. The van der Waals surface area contributed by atoms with Gasteiger partial charge in [-0.15, -0.1) is 0 Å². The van der Waals surface area contributed by atoms with Crippen LogP contribution in [0.4, 0.5) is 0 Å². The zero-order valence-corrected chi connectivity index (χ0v) is 14.9. The Kier molecular flexibility index (Phi) is 6.90. The van der Waals surface area contributed by atoms with Crippen molar-refractivity contribution < 1.29 is 4.74 Å². The van der Waals surface area contributed by atoms with Gasteiger partial charge in [0.2, 0.25) is 0 Å². The summed E-state index contributed by atoms with van der Waals surface area (Å²) in [7, 11) is 1.83. The van der Waals surface area contributed by atoms with Gasteiger partial charge in [0.05, 0.1) is 6.10 Å². The first-order chi connectivity index (χ1) is 11.1. The lowest BCUT2D eigenvalue weighted by Gasteiger charge is -2.33. The molecule has 0 aliphatic carbocycles. The van der Waals surface area contributed by atoms with E-state index in [1.54, 1.807) is 0 Å². The lowest BCUT2D eigenvalue weighted by Crippen LogP contribution is -2.46. The molecule has 1 aromatic carbocycles. The topological polar surface area (TPSA) is 45.7 Å². The summed E-state index contributed by atoms with van der Waals surface area (Å²) in [5, 5.41) is 6.94. The fraction of sp³-hybridized carbons (Fsp3) is 0.632. The molecular weight excluding hydrogens is 286 g/mol. The van der Waals surface area contributed by atoms with E-state index >= 15 is 0 Å². The molecule has 23 heavy (non-hydrogen) atoms. The first kappa shape index (κ1) is 17.8. The molecule has 1 heterocycles. The quantitative estimate of drug-likeness (QED) is 0.646. The number of benzene rings is 1. The van der Waals surface area contributed by atoms with E-state index in [-0.39, 0.29) is 6.10 Å². The lowest BCUT2D eigenvalue weighted by atomic mass is 9.89. The lowest BCUT2D eigenvalue weighted by molar-refractivity contribution is -0.0265. The monoisotopic (exact) mass is 317 g/mol. The number of hydrogen-bond acceptors (Lipinski definition) is 2. The first-order valence-electron chi connectivity index (χ1n) is 8.75. The van der Waals surface area contributed by atoms with Crippen molar-refractivity contribution in [2.75, 3.05) is 20.2 Å². The van der Waals surface area contributed by atoms with E-state index in [2.05, 4.69) is 66.7 Å². The second-order valence-electron chi connectivity index (χ2n) is 6.73. The Morgan fingerprint density at radius 3 is 2.65 bits per heavy atom. The number of nitrogens with one attached hydrogen (secondary N) is 2. The highest BCUT2D eigenvalue weighted by atomic mass is 16.5. The predicted molar refractivity (Wildman–Crippen MR) is 96.7 cm³/mol. The Hall–Kier alpha value is -1.55. The number of guanidine groups is 1. The molecule has 128 valence electrons. The second kappa shape index (κ2) is 8.92. The predicted octanol–water partition coefficient (Wildman–Crippen LogP) is 3.36. The van der Waals surface area contributed by atoms with Gasteiger partial charge in [-0.1, -0.05) is 44.2 Å². The van der Waals surface area contributed by atoms with Gasteiger partial charge in [0.1, 0.15) is 0 Å². The van der Waals surface area contributed by atoms with Crippen LogP contribution in [0.2, 0.25) is 0 Å². The number of aliphatic imine (C=N–C) groups is 1. The van der Waals surface area contributed by atoms with Crippen molar-refractivity contribution in [1.29, 1.82) is 0 Å². The zero-order valence-electron chi connectivity index (χ0n) is 14.9. The van der Waals surface area contributed by atoms with E-state index in [4.69, 9.17) is 4.74 Å². The second-order valence-corrected chi connectivity index (χ2v) is 6.73. The molecule has 3 atom stereocenters. The van der Waals surface area contributed by atoms with Crippen LogP contribution in [0.15, 0.2) is 35.3 Å². The number of hydrogen-bond donors (Lipinski definition) is 2. The Labute approximate surface area is 140 Å². The molecule has 1 saturated heterocycles. The Morgan fingerprint density at radius 1 is 1.26 bits per heavy atom. The van der Waals surface area contributed by atoms with Crippen LogP contribution >= 0.6 is 0 Å². The number of nitrogens with zero attached hydrogens (tertiary/aromatic N) is 1. The Morgan fingerprint density at radius 2 is 2.00 bits per heavy atom. The molecule has 0 amide bonds. The van der Waals surface area contributed by atoms with Crippen LogP contribution < -0.4 is 10.6 Å². The zero-order chi connectivity index (χ0) is 16.7. The van der Waals surface area contributed by atoms with Gasteiger partial charge in [0.25, 0.3) is 0 Å². The summed E-state index contributed by atoms with van der Waals surface area (Å²) in [5.74, 6) is 1.92. The summed E-state index contributed by atoms with van der Waals surface area (Å²) in [6.45, 7) is 8.35. The average Bonchev–Trinajstić information content (AvgIpc) is 2.59. The van der Waals surface area contributed by atoms with E-state index in [0.29, 0.717) is 17.9 Å². The van der Waals surface area contributed by atoms with E-state index in [0.717, 1.165) is 25.5 Å². The maximum absolute atomic E-state index is 6.06. The van der Waals surface area contributed by atoms with Gasteiger partial charge in [0.15, 0.2) is 5.96 Å². The molecular formula is C19H31N3O. The van der Waals surface area contributed by atoms with Crippen molar-refractivity contribution in [2.24, 2.45) is 16.8 Å². The maximum Gasteiger partial charge on any atom is 0.191 e. The molecule has 3 unspecified atom stereocenters. The van der Waals surface area contributed by atoms with Crippen molar-refractivity contribution in [1.82, 2.24) is 10.6 Å². The highest BCUT2D eigenvalue weighted by Crippen LogP contribution is 2.32. The van der Waals surface area contributed by atoms with E-state index < -0.39 is 0 Å². The number of rotatable bonds is 5. The highest BCUT2D eigenvalue weighted by molar-refractivity contribution is 5.79. The molecule has 0 spiro atoms. The summed E-state index contributed by atoms with van der Waals surface area (Å²) in [5.41, 5.74) is 1.28. The summed E-state index contributed by atoms with van der Waals surface area (Å²) in [6, 6.07) is 11.0. The molecule has 4 nitrogen and oxygen atoms in total. The van der Waals surface area contributed by atoms with Gasteiger partial charge >= 0.3 is 0 Å².